The summed E-state index contributed by atoms with van der Waals surface area (Å²) in [5.41, 5.74) is 3.34. The highest BCUT2D eigenvalue weighted by atomic mass is 32.1. The molecule has 0 nitrogen and oxygen atoms in total. The van der Waals surface area contributed by atoms with Crippen LogP contribution in [0.1, 0.15) is 42.2 Å². The van der Waals surface area contributed by atoms with E-state index in [0.717, 1.165) is 11.8 Å². The third-order valence-electron chi connectivity index (χ3n) is 4.89. The Labute approximate surface area is 110 Å². The molecule has 0 radical (unpaired) electrons. The van der Waals surface area contributed by atoms with E-state index in [9.17, 15) is 0 Å². The van der Waals surface area contributed by atoms with Gasteiger partial charge in [0.15, 0.2) is 0 Å². The second-order valence-corrected chi connectivity index (χ2v) is 6.87. The molecule has 1 aromatic heterocycles. The fourth-order valence-corrected chi connectivity index (χ4v) is 5.19. The Kier molecular flexibility index (Phi) is 1.68. The highest BCUT2D eigenvalue weighted by Crippen LogP contribution is 2.54. The van der Waals surface area contributed by atoms with Crippen molar-refractivity contribution in [3.63, 3.8) is 0 Å². The molecular formula is C17H14S. The Morgan fingerprint density at radius 3 is 2.50 bits per heavy atom. The van der Waals surface area contributed by atoms with Gasteiger partial charge in [-0.15, -0.1) is 11.3 Å². The first kappa shape index (κ1) is 9.57. The van der Waals surface area contributed by atoms with Gasteiger partial charge in [0.1, 0.15) is 0 Å². The molecule has 3 aromatic rings. The smallest absolute Gasteiger partial charge is 0.0358 e. The van der Waals surface area contributed by atoms with Crippen LogP contribution in [0.2, 0.25) is 0 Å². The van der Waals surface area contributed by atoms with Crippen LogP contribution < -0.4 is 0 Å². The Morgan fingerprint density at radius 2 is 1.61 bits per heavy atom. The van der Waals surface area contributed by atoms with Gasteiger partial charge in [-0.2, -0.15) is 0 Å². The minimum atomic E-state index is 0.869. The molecule has 2 aromatic carbocycles. The number of fused-ring (bicyclic) bond motifs is 8. The van der Waals surface area contributed by atoms with E-state index >= 15 is 0 Å². The molecule has 88 valence electrons. The summed E-state index contributed by atoms with van der Waals surface area (Å²) >= 11 is 1.96. The molecule has 0 N–H and O–H groups in total. The van der Waals surface area contributed by atoms with E-state index in [4.69, 9.17) is 0 Å². The lowest BCUT2D eigenvalue weighted by Gasteiger charge is -2.14. The monoisotopic (exact) mass is 250 g/mol. The molecule has 0 aliphatic heterocycles. The van der Waals surface area contributed by atoms with E-state index < -0.39 is 0 Å². The molecule has 2 unspecified atom stereocenters. The van der Waals surface area contributed by atoms with Gasteiger partial charge in [-0.25, -0.2) is 0 Å². The SMILES string of the molecule is c1ccc2c(c1)sc1cc3c(cc12)C1CCC3C1. The van der Waals surface area contributed by atoms with Gasteiger partial charge in [0.25, 0.3) is 0 Å². The molecule has 2 atom stereocenters. The summed E-state index contributed by atoms with van der Waals surface area (Å²) < 4.78 is 2.92. The minimum absolute atomic E-state index is 0.869. The fraction of sp³-hybridized carbons (Fsp3) is 0.294. The first-order valence-electron chi connectivity index (χ1n) is 6.85. The van der Waals surface area contributed by atoms with E-state index in [1.54, 1.807) is 11.1 Å². The molecule has 5 rings (SSSR count). The summed E-state index contributed by atoms with van der Waals surface area (Å²) in [4.78, 5) is 0. The molecule has 1 heteroatoms. The average Bonchev–Trinajstić information content (AvgIpc) is 3.09. The minimum Gasteiger partial charge on any atom is -0.135 e. The highest BCUT2D eigenvalue weighted by Gasteiger charge is 2.37. The van der Waals surface area contributed by atoms with Crippen molar-refractivity contribution in [1.29, 1.82) is 0 Å². The van der Waals surface area contributed by atoms with Gasteiger partial charge in [0.05, 0.1) is 0 Å². The third-order valence-corrected chi connectivity index (χ3v) is 6.03. The van der Waals surface area contributed by atoms with Crippen molar-refractivity contribution in [2.24, 2.45) is 0 Å². The van der Waals surface area contributed by atoms with Crippen molar-refractivity contribution < 1.29 is 0 Å². The van der Waals surface area contributed by atoms with Crippen molar-refractivity contribution in [3.8, 4) is 0 Å². The number of hydrogen-bond donors (Lipinski definition) is 0. The molecule has 1 saturated carbocycles. The summed E-state index contributed by atoms with van der Waals surface area (Å²) in [7, 11) is 0. The van der Waals surface area contributed by atoms with Gasteiger partial charge in [-0.3, -0.25) is 0 Å². The fourth-order valence-electron chi connectivity index (χ4n) is 4.06. The normalized spacial score (nSPS) is 25.1. The zero-order valence-electron chi connectivity index (χ0n) is 10.1. The molecule has 0 spiro atoms. The van der Waals surface area contributed by atoms with Crippen molar-refractivity contribution >= 4 is 31.5 Å². The molecule has 1 heterocycles. The largest absolute Gasteiger partial charge is 0.135 e. The standard InChI is InChI=1S/C17H14S/c1-2-4-16-12(3-1)15-8-13-10-5-6-11(7-10)14(13)9-17(15)18-16/h1-4,8-11H,5-7H2. The van der Waals surface area contributed by atoms with E-state index in [-0.39, 0.29) is 0 Å². The Balaban J connectivity index is 1.93. The van der Waals surface area contributed by atoms with Crippen LogP contribution in [0.25, 0.3) is 20.2 Å². The second kappa shape index (κ2) is 3.16. The summed E-state index contributed by atoms with van der Waals surface area (Å²) in [5.74, 6) is 1.74. The zero-order valence-corrected chi connectivity index (χ0v) is 11.0. The van der Waals surface area contributed by atoms with Crippen molar-refractivity contribution in [2.45, 2.75) is 31.1 Å². The summed E-state index contributed by atoms with van der Waals surface area (Å²) in [6.45, 7) is 0. The van der Waals surface area contributed by atoms with E-state index in [0.29, 0.717) is 0 Å². The predicted octanol–water partition coefficient (Wildman–Crippen LogP) is 5.42. The lowest BCUT2D eigenvalue weighted by molar-refractivity contribution is 0.719. The predicted molar refractivity (Wildman–Crippen MR) is 78.7 cm³/mol. The van der Waals surface area contributed by atoms with Crippen LogP contribution in [0, 0.1) is 0 Å². The van der Waals surface area contributed by atoms with E-state index in [1.165, 1.54) is 39.4 Å². The molecule has 1 fully saturated rings. The number of hydrogen-bond acceptors (Lipinski definition) is 1. The average molecular weight is 250 g/mol. The first-order chi connectivity index (χ1) is 8.90. The number of rotatable bonds is 0. The van der Waals surface area contributed by atoms with Crippen LogP contribution >= 0.6 is 11.3 Å². The molecular weight excluding hydrogens is 236 g/mol. The first-order valence-corrected chi connectivity index (χ1v) is 7.67. The highest BCUT2D eigenvalue weighted by molar-refractivity contribution is 7.25. The molecule has 0 amide bonds. The maximum atomic E-state index is 2.51. The lowest BCUT2D eigenvalue weighted by Crippen LogP contribution is -1.96. The van der Waals surface area contributed by atoms with Crippen LogP contribution in [0.5, 0.6) is 0 Å². The van der Waals surface area contributed by atoms with Gasteiger partial charge < -0.3 is 0 Å². The molecule has 2 aliphatic carbocycles. The van der Waals surface area contributed by atoms with Crippen LogP contribution in [0.3, 0.4) is 0 Å². The molecule has 2 bridgehead atoms. The maximum Gasteiger partial charge on any atom is 0.0358 e. The van der Waals surface area contributed by atoms with Crippen molar-refractivity contribution in [3.05, 3.63) is 47.5 Å². The van der Waals surface area contributed by atoms with Gasteiger partial charge in [-0.1, -0.05) is 18.2 Å². The Bertz CT molecular complexity index is 781. The van der Waals surface area contributed by atoms with Crippen LogP contribution in [-0.2, 0) is 0 Å². The number of benzene rings is 2. The molecule has 2 aliphatic rings. The van der Waals surface area contributed by atoms with E-state index in [2.05, 4.69) is 36.4 Å². The second-order valence-electron chi connectivity index (χ2n) is 5.78. The Hall–Kier alpha value is -1.34. The van der Waals surface area contributed by atoms with Crippen molar-refractivity contribution in [2.75, 3.05) is 0 Å². The van der Waals surface area contributed by atoms with Crippen LogP contribution in [0.4, 0.5) is 0 Å². The molecule has 18 heavy (non-hydrogen) atoms. The van der Waals surface area contributed by atoms with Gasteiger partial charge >= 0.3 is 0 Å². The van der Waals surface area contributed by atoms with Crippen molar-refractivity contribution in [1.82, 2.24) is 0 Å². The van der Waals surface area contributed by atoms with Gasteiger partial charge in [0.2, 0.25) is 0 Å². The lowest BCUT2D eigenvalue weighted by atomic mass is 9.90. The molecule has 0 saturated heterocycles. The maximum absolute atomic E-state index is 2.51. The van der Waals surface area contributed by atoms with Crippen LogP contribution in [-0.4, -0.2) is 0 Å². The van der Waals surface area contributed by atoms with Gasteiger partial charge in [0, 0.05) is 20.2 Å². The topological polar surface area (TPSA) is 0 Å². The van der Waals surface area contributed by atoms with Gasteiger partial charge in [-0.05, 0) is 60.4 Å². The Morgan fingerprint density at radius 1 is 0.833 bits per heavy atom. The summed E-state index contributed by atoms with van der Waals surface area (Å²) in [6, 6.07) is 13.8. The summed E-state index contributed by atoms with van der Waals surface area (Å²) in [6.07, 6.45) is 4.27. The zero-order chi connectivity index (χ0) is 11.7. The van der Waals surface area contributed by atoms with Crippen LogP contribution in [0.15, 0.2) is 36.4 Å². The summed E-state index contributed by atoms with van der Waals surface area (Å²) in [5, 5.41) is 2.94. The quantitative estimate of drug-likeness (QED) is 0.500. The third kappa shape index (κ3) is 1.07. The van der Waals surface area contributed by atoms with E-state index in [1.807, 2.05) is 11.3 Å². The number of thiophene rings is 1.